The molecule has 5 nitrogen and oxygen atoms in total. The van der Waals surface area contributed by atoms with Gasteiger partial charge < -0.3 is 4.90 Å². The third kappa shape index (κ3) is 3.37. The number of carbonyl (C=O) groups excluding carboxylic acids is 1. The first-order valence-electron chi connectivity index (χ1n) is 6.88. The largest absolute Gasteiger partial charge is 0.311 e. The average molecular weight is 296 g/mol. The van der Waals surface area contributed by atoms with Crippen LogP contribution in [-0.2, 0) is 14.8 Å². The smallest absolute Gasteiger partial charge is 0.242 e. The molecule has 6 heteroatoms. The van der Waals surface area contributed by atoms with Gasteiger partial charge in [-0.1, -0.05) is 25.1 Å². The summed E-state index contributed by atoms with van der Waals surface area (Å²) in [5.41, 5.74) is 0.826. The predicted octanol–water partition coefficient (Wildman–Crippen LogP) is 1.47. The van der Waals surface area contributed by atoms with Gasteiger partial charge in [0.2, 0.25) is 15.9 Å². The topological polar surface area (TPSA) is 57.7 Å². The highest BCUT2D eigenvalue weighted by Gasteiger charge is 2.29. The van der Waals surface area contributed by atoms with Gasteiger partial charge in [-0.15, -0.1) is 0 Å². The van der Waals surface area contributed by atoms with Crippen LogP contribution in [0.4, 0.5) is 5.69 Å². The minimum Gasteiger partial charge on any atom is -0.311 e. The second-order valence-corrected chi connectivity index (χ2v) is 6.97. The Balaban J connectivity index is 2.16. The lowest BCUT2D eigenvalue weighted by atomic mass is 10.2. The predicted molar refractivity (Wildman–Crippen MR) is 79.1 cm³/mol. The summed E-state index contributed by atoms with van der Waals surface area (Å²) in [4.78, 5) is 14.0. The number of nitrogens with zero attached hydrogens (tertiary/aromatic N) is 2. The Kier molecular flexibility index (Phi) is 4.77. The summed E-state index contributed by atoms with van der Waals surface area (Å²) < 4.78 is 25.5. The van der Waals surface area contributed by atoms with Crippen LogP contribution < -0.4 is 4.90 Å². The van der Waals surface area contributed by atoms with E-state index in [0.29, 0.717) is 25.9 Å². The molecule has 1 aromatic rings. The fourth-order valence-electron chi connectivity index (χ4n) is 2.35. The van der Waals surface area contributed by atoms with Crippen molar-refractivity contribution in [2.75, 3.05) is 30.3 Å². The molecule has 0 radical (unpaired) electrons. The van der Waals surface area contributed by atoms with E-state index in [-0.39, 0.29) is 18.2 Å². The van der Waals surface area contributed by atoms with Crippen LogP contribution in [0.25, 0.3) is 0 Å². The zero-order chi connectivity index (χ0) is 14.6. The molecule has 0 bridgehead atoms. The Morgan fingerprint density at radius 2 is 1.85 bits per heavy atom. The van der Waals surface area contributed by atoms with Gasteiger partial charge in [-0.2, -0.15) is 4.31 Å². The molecule has 0 atom stereocenters. The fraction of sp³-hybridized carbons (Fsp3) is 0.500. The molecule has 20 heavy (non-hydrogen) atoms. The van der Waals surface area contributed by atoms with Crippen LogP contribution in [0.2, 0.25) is 0 Å². The second kappa shape index (κ2) is 6.37. The molecule has 0 unspecified atom stereocenters. The summed E-state index contributed by atoms with van der Waals surface area (Å²) in [6, 6.07) is 9.38. The van der Waals surface area contributed by atoms with Gasteiger partial charge >= 0.3 is 0 Å². The first-order valence-corrected chi connectivity index (χ1v) is 8.49. The van der Waals surface area contributed by atoms with Gasteiger partial charge in [-0.25, -0.2) is 8.42 Å². The maximum atomic E-state index is 12.3. The van der Waals surface area contributed by atoms with Gasteiger partial charge in [0.05, 0.1) is 12.3 Å². The molecule has 1 aliphatic heterocycles. The van der Waals surface area contributed by atoms with Crippen LogP contribution in [0.3, 0.4) is 0 Å². The van der Waals surface area contributed by atoms with Crippen molar-refractivity contribution in [3.05, 3.63) is 30.3 Å². The number of rotatable bonds is 4. The number of hydrogen-bond acceptors (Lipinski definition) is 3. The Hall–Kier alpha value is -1.40. The Labute approximate surface area is 120 Å². The third-order valence-corrected chi connectivity index (χ3v) is 5.35. The van der Waals surface area contributed by atoms with Crippen molar-refractivity contribution in [3.8, 4) is 0 Å². The zero-order valence-corrected chi connectivity index (χ0v) is 12.5. The van der Waals surface area contributed by atoms with Crippen LogP contribution in [0, 0.1) is 0 Å². The molecule has 0 spiro atoms. The maximum absolute atomic E-state index is 12.3. The van der Waals surface area contributed by atoms with Crippen LogP contribution in [0.15, 0.2) is 30.3 Å². The Morgan fingerprint density at radius 1 is 1.15 bits per heavy atom. The zero-order valence-electron chi connectivity index (χ0n) is 11.7. The van der Waals surface area contributed by atoms with Crippen LogP contribution in [-0.4, -0.2) is 44.0 Å². The van der Waals surface area contributed by atoms with E-state index < -0.39 is 10.0 Å². The molecule has 0 aromatic heterocycles. The van der Waals surface area contributed by atoms with Gasteiger partial charge in [-0.05, 0) is 25.0 Å². The average Bonchev–Trinajstić information content (AvgIpc) is 2.62. The lowest BCUT2D eigenvalue weighted by Crippen LogP contribution is -2.40. The number of sulfonamides is 1. The fourth-order valence-corrected chi connectivity index (χ4v) is 3.84. The molecule has 1 aromatic carbocycles. The summed E-state index contributed by atoms with van der Waals surface area (Å²) >= 11 is 0. The SMILES string of the molecule is CCCS(=O)(=O)N1CCCN(c2ccccc2)C(=O)C1. The summed E-state index contributed by atoms with van der Waals surface area (Å²) in [6.07, 6.45) is 1.22. The minimum atomic E-state index is -3.31. The number of benzene rings is 1. The minimum absolute atomic E-state index is 0.0583. The molecule has 110 valence electrons. The first-order chi connectivity index (χ1) is 9.54. The van der Waals surface area contributed by atoms with E-state index in [1.165, 1.54) is 4.31 Å². The lowest BCUT2D eigenvalue weighted by molar-refractivity contribution is -0.118. The molecule has 0 aliphatic carbocycles. The van der Waals surface area contributed by atoms with Crippen LogP contribution in [0.5, 0.6) is 0 Å². The molecule has 0 saturated carbocycles. The first kappa shape index (κ1) is 15.0. The highest BCUT2D eigenvalue weighted by Crippen LogP contribution is 2.18. The van der Waals surface area contributed by atoms with Crippen molar-refractivity contribution >= 4 is 21.6 Å². The quantitative estimate of drug-likeness (QED) is 0.845. The van der Waals surface area contributed by atoms with E-state index in [1.54, 1.807) is 4.90 Å². The summed E-state index contributed by atoms with van der Waals surface area (Å²) in [5, 5.41) is 0. The highest BCUT2D eigenvalue weighted by molar-refractivity contribution is 7.89. The monoisotopic (exact) mass is 296 g/mol. The van der Waals surface area contributed by atoms with Gasteiger partial charge in [0.1, 0.15) is 0 Å². The van der Waals surface area contributed by atoms with Crippen LogP contribution in [0.1, 0.15) is 19.8 Å². The van der Waals surface area contributed by atoms with E-state index >= 15 is 0 Å². The molecule has 0 N–H and O–H groups in total. The molecule has 1 aliphatic rings. The summed E-state index contributed by atoms with van der Waals surface area (Å²) in [7, 11) is -3.31. The van der Waals surface area contributed by atoms with E-state index in [2.05, 4.69) is 0 Å². The molecular weight excluding hydrogens is 276 g/mol. The number of para-hydroxylation sites is 1. The molecular formula is C14H20N2O3S. The molecule has 1 heterocycles. The van der Waals surface area contributed by atoms with E-state index in [1.807, 2.05) is 37.3 Å². The second-order valence-electron chi connectivity index (χ2n) is 4.88. The normalized spacial score (nSPS) is 18.1. The standard InChI is InChI=1S/C14H20N2O3S/c1-2-11-20(18,19)15-9-6-10-16(14(17)12-15)13-7-4-3-5-8-13/h3-5,7-8H,2,6,9-12H2,1H3. The van der Waals surface area contributed by atoms with Crippen LogP contribution >= 0.6 is 0 Å². The summed E-state index contributed by atoms with van der Waals surface area (Å²) in [6.45, 7) is 2.74. The van der Waals surface area contributed by atoms with E-state index in [9.17, 15) is 13.2 Å². The molecule has 1 saturated heterocycles. The van der Waals surface area contributed by atoms with Gasteiger partial charge in [0.15, 0.2) is 0 Å². The number of anilines is 1. The molecule has 1 amide bonds. The van der Waals surface area contributed by atoms with Crippen molar-refractivity contribution in [3.63, 3.8) is 0 Å². The number of hydrogen-bond donors (Lipinski definition) is 0. The highest BCUT2D eigenvalue weighted by atomic mass is 32.2. The van der Waals surface area contributed by atoms with Gasteiger partial charge in [0.25, 0.3) is 0 Å². The lowest BCUT2D eigenvalue weighted by Gasteiger charge is -2.21. The molecule has 2 rings (SSSR count). The van der Waals surface area contributed by atoms with Crippen molar-refractivity contribution in [2.45, 2.75) is 19.8 Å². The Bertz CT molecular complexity index is 557. The van der Waals surface area contributed by atoms with Crippen molar-refractivity contribution in [2.24, 2.45) is 0 Å². The number of amides is 1. The Morgan fingerprint density at radius 3 is 2.50 bits per heavy atom. The molecule has 1 fully saturated rings. The van der Waals surface area contributed by atoms with E-state index in [4.69, 9.17) is 0 Å². The van der Waals surface area contributed by atoms with Crippen molar-refractivity contribution < 1.29 is 13.2 Å². The van der Waals surface area contributed by atoms with Crippen molar-refractivity contribution in [1.29, 1.82) is 0 Å². The summed E-state index contributed by atoms with van der Waals surface area (Å²) in [5.74, 6) is -0.0561. The van der Waals surface area contributed by atoms with Gasteiger partial charge in [0, 0.05) is 18.8 Å². The number of carbonyl (C=O) groups is 1. The third-order valence-electron chi connectivity index (χ3n) is 3.33. The maximum Gasteiger partial charge on any atom is 0.242 e. The van der Waals surface area contributed by atoms with E-state index in [0.717, 1.165) is 5.69 Å². The van der Waals surface area contributed by atoms with Crippen molar-refractivity contribution in [1.82, 2.24) is 4.31 Å². The van der Waals surface area contributed by atoms with Gasteiger partial charge in [-0.3, -0.25) is 4.79 Å².